The summed E-state index contributed by atoms with van der Waals surface area (Å²) < 4.78 is 11.0. The van der Waals surface area contributed by atoms with Gasteiger partial charge in [0.15, 0.2) is 11.5 Å². The van der Waals surface area contributed by atoms with Crippen LogP contribution in [0.5, 0.6) is 11.5 Å². The highest BCUT2D eigenvalue weighted by atomic mass is 32.1. The molecule has 2 aromatic carbocycles. The SMILES string of the molecule is Cc1ccc([C@H](C(=O)NC2CCCC2)N(Cc2ccc3c(c2)OCO3)C(=O)Cc2cccs2)cc1. The van der Waals surface area contributed by atoms with Gasteiger partial charge in [-0.1, -0.05) is 54.8 Å². The summed E-state index contributed by atoms with van der Waals surface area (Å²) in [6.45, 7) is 2.50. The first-order valence-corrected chi connectivity index (χ1v) is 13.0. The Bertz CT molecular complexity index is 1170. The molecule has 0 bridgehead atoms. The summed E-state index contributed by atoms with van der Waals surface area (Å²) in [5.74, 6) is 1.15. The molecule has 7 heteroatoms. The molecule has 182 valence electrons. The maximum atomic E-state index is 13.8. The third-order valence-electron chi connectivity index (χ3n) is 6.67. The zero-order valence-corrected chi connectivity index (χ0v) is 20.7. The van der Waals surface area contributed by atoms with Crippen molar-refractivity contribution in [2.24, 2.45) is 0 Å². The van der Waals surface area contributed by atoms with Crippen LogP contribution < -0.4 is 14.8 Å². The Hall–Kier alpha value is -3.32. The number of benzene rings is 2. The summed E-state index contributed by atoms with van der Waals surface area (Å²) in [6.07, 6.45) is 4.47. The molecular formula is C28H30N2O4S. The average molecular weight is 491 g/mol. The number of hydrogen-bond donors (Lipinski definition) is 1. The quantitative estimate of drug-likeness (QED) is 0.474. The zero-order valence-electron chi connectivity index (χ0n) is 19.9. The fourth-order valence-electron chi connectivity index (χ4n) is 4.80. The number of rotatable bonds is 8. The van der Waals surface area contributed by atoms with Crippen molar-refractivity contribution in [2.75, 3.05) is 6.79 Å². The lowest BCUT2D eigenvalue weighted by atomic mass is 10.0. The maximum Gasteiger partial charge on any atom is 0.247 e. The Morgan fingerprint density at radius 3 is 2.57 bits per heavy atom. The molecule has 5 rings (SSSR count). The van der Waals surface area contributed by atoms with Crippen molar-refractivity contribution in [1.82, 2.24) is 10.2 Å². The Labute approximate surface area is 209 Å². The Balaban J connectivity index is 1.50. The van der Waals surface area contributed by atoms with E-state index in [0.29, 0.717) is 11.5 Å². The number of aryl methyl sites for hydroxylation is 1. The molecule has 1 aromatic heterocycles. The van der Waals surface area contributed by atoms with E-state index < -0.39 is 6.04 Å². The number of nitrogens with zero attached hydrogens (tertiary/aromatic N) is 1. The number of carbonyl (C=O) groups is 2. The van der Waals surface area contributed by atoms with Crippen LogP contribution in [0.4, 0.5) is 0 Å². The monoisotopic (exact) mass is 490 g/mol. The first kappa shape index (κ1) is 23.4. The predicted octanol–water partition coefficient (Wildman–Crippen LogP) is 5.16. The van der Waals surface area contributed by atoms with E-state index in [-0.39, 0.29) is 37.6 Å². The number of ether oxygens (including phenoxy) is 2. The van der Waals surface area contributed by atoms with Crippen molar-refractivity contribution in [1.29, 1.82) is 0 Å². The van der Waals surface area contributed by atoms with E-state index in [9.17, 15) is 9.59 Å². The van der Waals surface area contributed by atoms with Crippen molar-refractivity contribution in [3.05, 3.63) is 81.5 Å². The molecule has 2 aliphatic rings. The van der Waals surface area contributed by atoms with Gasteiger partial charge in [-0.05, 0) is 54.5 Å². The highest BCUT2D eigenvalue weighted by Crippen LogP contribution is 2.34. The highest BCUT2D eigenvalue weighted by Gasteiger charge is 2.33. The topological polar surface area (TPSA) is 67.9 Å². The van der Waals surface area contributed by atoms with Gasteiger partial charge in [-0.2, -0.15) is 0 Å². The fraction of sp³-hybridized carbons (Fsp3) is 0.357. The smallest absolute Gasteiger partial charge is 0.247 e. The molecule has 2 heterocycles. The molecule has 2 amide bonds. The lowest BCUT2D eigenvalue weighted by molar-refractivity contribution is -0.141. The molecule has 0 radical (unpaired) electrons. The van der Waals surface area contributed by atoms with Gasteiger partial charge in [-0.3, -0.25) is 9.59 Å². The van der Waals surface area contributed by atoms with Gasteiger partial charge in [0.1, 0.15) is 6.04 Å². The zero-order chi connectivity index (χ0) is 24.2. The number of thiophene rings is 1. The number of carbonyl (C=O) groups excluding carboxylic acids is 2. The molecule has 1 atom stereocenters. The van der Waals surface area contributed by atoms with Crippen LogP contribution in [0.25, 0.3) is 0 Å². The van der Waals surface area contributed by atoms with E-state index in [1.807, 2.05) is 66.9 Å². The summed E-state index contributed by atoms with van der Waals surface area (Å²) in [4.78, 5) is 30.2. The summed E-state index contributed by atoms with van der Waals surface area (Å²) in [7, 11) is 0. The minimum absolute atomic E-state index is 0.0859. The van der Waals surface area contributed by atoms with Gasteiger partial charge in [-0.15, -0.1) is 11.3 Å². The van der Waals surface area contributed by atoms with Gasteiger partial charge in [0, 0.05) is 17.5 Å². The van der Waals surface area contributed by atoms with E-state index in [2.05, 4.69) is 5.32 Å². The van der Waals surface area contributed by atoms with Crippen LogP contribution in [0.1, 0.15) is 53.3 Å². The number of fused-ring (bicyclic) bond motifs is 1. The van der Waals surface area contributed by atoms with Crippen molar-refractivity contribution in [3.8, 4) is 11.5 Å². The van der Waals surface area contributed by atoms with Gasteiger partial charge >= 0.3 is 0 Å². The highest BCUT2D eigenvalue weighted by molar-refractivity contribution is 7.10. The molecule has 1 saturated carbocycles. The molecule has 35 heavy (non-hydrogen) atoms. The second-order valence-electron chi connectivity index (χ2n) is 9.27. The van der Waals surface area contributed by atoms with Crippen molar-refractivity contribution < 1.29 is 19.1 Å². The third kappa shape index (κ3) is 5.51. The molecule has 1 aliphatic carbocycles. The van der Waals surface area contributed by atoms with Crippen LogP contribution in [0.2, 0.25) is 0 Å². The molecule has 0 spiro atoms. The van der Waals surface area contributed by atoms with Crippen LogP contribution in [0, 0.1) is 6.92 Å². The third-order valence-corrected chi connectivity index (χ3v) is 7.55. The molecular weight excluding hydrogens is 460 g/mol. The van der Waals surface area contributed by atoms with Gasteiger partial charge in [-0.25, -0.2) is 0 Å². The second kappa shape index (κ2) is 10.5. The van der Waals surface area contributed by atoms with E-state index in [0.717, 1.165) is 47.3 Å². The largest absolute Gasteiger partial charge is 0.454 e. The van der Waals surface area contributed by atoms with Crippen LogP contribution in [0.3, 0.4) is 0 Å². The van der Waals surface area contributed by atoms with Crippen LogP contribution in [-0.2, 0) is 22.6 Å². The van der Waals surface area contributed by atoms with Crippen LogP contribution in [-0.4, -0.2) is 29.5 Å². The minimum Gasteiger partial charge on any atom is -0.454 e. The van der Waals surface area contributed by atoms with Crippen molar-refractivity contribution >= 4 is 23.2 Å². The normalized spacial score (nSPS) is 15.7. The average Bonchev–Trinajstić information content (AvgIpc) is 3.63. The molecule has 3 aromatic rings. The summed E-state index contributed by atoms with van der Waals surface area (Å²) in [6, 6.07) is 16.9. The van der Waals surface area contributed by atoms with Crippen LogP contribution >= 0.6 is 11.3 Å². The lowest BCUT2D eigenvalue weighted by Crippen LogP contribution is -2.46. The minimum atomic E-state index is -0.728. The van der Waals surface area contributed by atoms with Gasteiger partial charge in [0.2, 0.25) is 18.6 Å². The molecule has 0 saturated heterocycles. The van der Waals surface area contributed by atoms with Gasteiger partial charge < -0.3 is 19.7 Å². The standard InChI is InChI=1S/C28H30N2O4S/c1-19-8-11-21(12-9-19)27(28(32)29-22-5-2-3-6-22)30(26(31)16-23-7-4-14-35-23)17-20-10-13-24-25(15-20)34-18-33-24/h4,7-15,22,27H,2-3,5-6,16-18H2,1H3,(H,29,32)/t27-/m1/s1. The van der Waals surface area contributed by atoms with E-state index in [1.165, 1.54) is 0 Å². The predicted molar refractivity (Wildman–Crippen MR) is 135 cm³/mol. The Kier molecular flexibility index (Phi) is 7.04. The molecule has 0 unspecified atom stereocenters. The fourth-order valence-corrected chi connectivity index (χ4v) is 5.49. The van der Waals surface area contributed by atoms with Gasteiger partial charge in [0.25, 0.3) is 0 Å². The number of hydrogen-bond acceptors (Lipinski definition) is 5. The van der Waals surface area contributed by atoms with Crippen LogP contribution in [0.15, 0.2) is 60.0 Å². The number of amides is 2. The van der Waals surface area contributed by atoms with E-state index in [4.69, 9.17) is 9.47 Å². The van der Waals surface area contributed by atoms with Crippen molar-refractivity contribution in [2.45, 2.75) is 57.7 Å². The second-order valence-corrected chi connectivity index (χ2v) is 10.3. The Morgan fingerprint density at radius 2 is 1.83 bits per heavy atom. The summed E-state index contributed by atoms with van der Waals surface area (Å²) >= 11 is 1.55. The lowest BCUT2D eigenvalue weighted by Gasteiger charge is -2.32. The summed E-state index contributed by atoms with van der Waals surface area (Å²) in [5, 5.41) is 5.21. The van der Waals surface area contributed by atoms with Crippen molar-refractivity contribution in [3.63, 3.8) is 0 Å². The summed E-state index contributed by atoms with van der Waals surface area (Å²) in [5.41, 5.74) is 2.81. The van der Waals surface area contributed by atoms with E-state index in [1.54, 1.807) is 16.2 Å². The first-order valence-electron chi connectivity index (χ1n) is 12.1. The van der Waals surface area contributed by atoms with E-state index >= 15 is 0 Å². The maximum absolute atomic E-state index is 13.8. The molecule has 6 nitrogen and oxygen atoms in total. The molecule has 1 fully saturated rings. The Morgan fingerprint density at radius 1 is 1.06 bits per heavy atom. The molecule has 1 N–H and O–H groups in total. The molecule has 1 aliphatic heterocycles. The van der Waals surface area contributed by atoms with Gasteiger partial charge in [0.05, 0.1) is 6.42 Å². The first-order chi connectivity index (χ1) is 17.1. The number of nitrogens with one attached hydrogen (secondary N) is 1.